The van der Waals surface area contributed by atoms with Crippen molar-refractivity contribution in [2.45, 2.75) is 31.3 Å². The molecule has 2 fully saturated rings. The zero-order chi connectivity index (χ0) is 14.7. The minimum absolute atomic E-state index is 0.420. The maximum Gasteiger partial charge on any atom is 0.0406 e. The van der Waals surface area contributed by atoms with Gasteiger partial charge in [0.15, 0.2) is 0 Å². The fourth-order valence-corrected chi connectivity index (χ4v) is 3.40. The molecule has 1 aromatic carbocycles. The lowest BCUT2D eigenvalue weighted by molar-refractivity contribution is 0.123. The number of hydrogen-bond donors (Lipinski definition) is 1. The SMILES string of the molecule is CNC(CCN1CCN(C2CC2)CC1)c1ccc(Cl)cc1. The number of rotatable bonds is 6. The first-order valence-corrected chi connectivity index (χ1v) is 8.53. The van der Waals surface area contributed by atoms with Crippen LogP contribution in [-0.4, -0.2) is 55.6 Å². The van der Waals surface area contributed by atoms with Gasteiger partial charge >= 0.3 is 0 Å². The molecule has 1 aliphatic carbocycles. The molecule has 1 saturated carbocycles. The van der Waals surface area contributed by atoms with E-state index in [0.29, 0.717) is 6.04 Å². The third-order valence-corrected chi connectivity index (χ3v) is 5.08. The topological polar surface area (TPSA) is 18.5 Å². The molecule has 1 aliphatic heterocycles. The van der Waals surface area contributed by atoms with Gasteiger partial charge in [-0.1, -0.05) is 23.7 Å². The van der Waals surface area contributed by atoms with E-state index in [9.17, 15) is 0 Å². The van der Waals surface area contributed by atoms with Gasteiger partial charge in [-0.05, 0) is 44.0 Å². The highest BCUT2D eigenvalue weighted by atomic mass is 35.5. The summed E-state index contributed by atoms with van der Waals surface area (Å²) in [6.45, 7) is 6.15. The van der Waals surface area contributed by atoms with Crippen LogP contribution in [-0.2, 0) is 0 Å². The Morgan fingerprint density at radius 3 is 2.38 bits per heavy atom. The Morgan fingerprint density at radius 2 is 1.81 bits per heavy atom. The molecule has 1 atom stereocenters. The van der Waals surface area contributed by atoms with E-state index < -0.39 is 0 Å². The summed E-state index contributed by atoms with van der Waals surface area (Å²) in [6, 6.07) is 9.57. The fraction of sp³-hybridized carbons (Fsp3) is 0.647. The smallest absolute Gasteiger partial charge is 0.0406 e. The van der Waals surface area contributed by atoms with Crippen LogP contribution < -0.4 is 5.32 Å². The summed E-state index contributed by atoms with van der Waals surface area (Å²) in [4.78, 5) is 5.28. The summed E-state index contributed by atoms with van der Waals surface area (Å²) in [6.07, 6.45) is 4.01. The van der Waals surface area contributed by atoms with Gasteiger partial charge in [-0.3, -0.25) is 4.90 Å². The molecule has 116 valence electrons. The first kappa shape index (κ1) is 15.3. The Labute approximate surface area is 133 Å². The van der Waals surface area contributed by atoms with E-state index in [4.69, 9.17) is 11.6 Å². The number of nitrogens with zero attached hydrogens (tertiary/aromatic N) is 2. The lowest BCUT2D eigenvalue weighted by atomic mass is 10.0. The summed E-state index contributed by atoms with van der Waals surface area (Å²) in [5, 5.41) is 4.24. The zero-order valence-corrected chi connectivity index (χ0v) is 13.6. The Morgan fingerprint density at radius 1 is 1.14 bits per heavy atom. The fourth-order valence-electron chi connectivity index (χ4n) is 3.28. The molecule has 1 N–H and O–H groups in total. The number of nitrogens with one attached hydrogen (secondary N) is 1. The maximum atomic E-state index is 5.97. The molecular formula is C17H26ClN3. The third-order valence-electron chi connectivity index (χ3n) is 4.82. The molecule has 2 aliphatic rings. The summed E-state index contributed by atoms with van der Waals surface area (Å²) < 4.78 is 0. The van der Waals surface area contributed by atoms with E-state index in [1.807, 2.05) is 19.2 Å². The molecule has 1 unspecified atom stereocenters. The second-order valence-electron chi connectivity index (χ2n) is 6.29. The highest BCUT2D eigenvalue weighted by Crippen LogP contribution is 2.27. The zero-order valence-electron chi connectivity index (χ0n) is 12.9. The Bertz CT molecular complexity index is 436. The van der Waals surface area contributed by atoms with E-state index in [1.165, 1.54) is 51.1 Å². The molecule has 0 bridgehead atoms. The molecule has 3 rings (SSSR count). The summed E-state index contributed by atoms with van der Waals surface area (Å²) in [5.41, 5.74) is 1.33. The quantitative estimate of drug-likeness (QED) is 0.872. The highest BCUT2D eigenvalue weighted by Gasteiger charge is 2.31. The molecule has 4 heteroatoms. The third kappa shape index (κ3) is 4.19. The van der Waals surface area contributed by atoms with Crippen LogP contribution in [0.5, 0.6) is 0 Å². The van der Waals surface area contributed by atoms with Gasteiger partial charge in [0.2, 0.25) is 0 Å². The van der Waals surface area contributed by atoms with Crippen LogP contribution >= 0.6 is 11.6 Å². The molecule has 0 spiro atoms. The van der Waals surface area contributed by atoms with Crippen LogP contribution in [0, 0.1) is 0 Å². The molecule has 1 heterocycles. The molecular weight excluding hydrogens is 282 g/mol. The first-order chi connectivity index (χ1) is 10.3. The van der Waals surface area contributed by atoms with Crippen molar-refractivity contribution in [2.24, 2.45) is 0 Å². The van der Waals surface area contributed by atoms with Gasteiger partial charge in [-0.25, -0.2) is 0 Å². The molecule has 3 nitrogen and oxygen atoms in total. The van der Waals surface area contributed by atoms with Crippen LogP contribution in [0.4, 0.5) is 0 Å². The Hall–Kier alpha value is -0.610. The lowest BCUT2D eigenvalue weighted by Gasteiger charge is -2.35. The average molecular weight is 308 g/mol. The van der Waals surface area contributed by atoms with Gasteiger partial charge in [0.1, 0.15) is 0 Å². The molecule has 21 heavy (non-hydrogen) atoms. The van der Waals surface area contributed by atoms with Gasteiger partial charge in [-0.15, -0.1) is 0 Å². The van der Waals surface area contributed by atoms with E-state index >= 15 is 0 Å². The Kier molecular flexibility index (Phi) is 5.17. The maximum absolute atomic E-state index is 5.97. The normalized spacial score (nSPS) is 22.4. The lowest BCUT2D eigenvalue weighted by Crippen LogP contribution is -2.47. The van der Waals surface area contributed by atoms with Crippen molar-refractivity contribution in [1.82, 2.24) is 15.1 Å². The van der Waals surface area contributed by atoms with Crippen molar-refractivity contribution in [2.75, 3.05) is 39.8 Å². The largest absolute Gasteiger partial charge is 0.313 e. The van der Waals surface area contributed by atoms with Gasteiger partial charge in [0, 0.05) is 49.8 Å². The van der Waals surface area contributed by atoms with Gasteiger partial charge < -0.3 is 10.2 Å². The molecule has 0 amide bonds. The predicted molar refractivity (Wildman–Crippen MR) is 88.9 cm³/mol. The summed E-state index contributed by atoms with van der Waals surface area (Å²) >= 11 is 5.97. The van der Waals surface area contributed by atoms with Crippen molar-refractivity contribution >= 4 is 11.6 Å². The van der Waals surface area contributed by atoms with Crippen LogP contribution in [0.3, 0.4) is 0 Å². The van der Waals surface area contributed by atoms with Crippen LogP contribution in [0.1, 0.15) is 30.9 Å². The van der Waals surface area contributed by atoms with Crippen LogP contribution in [0.15, 0.2) is 24.3 Å². The number of hydrogen-bond acceptors (Lipinski definition) is 3. The van der Waals surface area contributed by atoms with Gasteiger partial charge in [-0.2, -0.15) is 0 Å². The van der Waals surface area contributed by atoms with Crippen molar-refractivity contribution in [3.8, 4) is 0 Å². The highest BCUT2D eigenvalue weighted by molar-refractivity contribution is 6.30. The van der Waals surface area contributed by atoms with Crippen molar-refractivity contribution in [3.63, 3.8) is 0 Å². The second-order valence-corrected chi connectivity index (χ2v) is 6.73. The number of benzene rings is 1. The molecule has 0 aromatic heterocycles. The summed E-state index contributed by atoms with van der Waals surface area (Å²) in [5.74, 6) is 0. The van der Waals surface area contributed by atoms with E-state index in [-0.39, 0.29) is 0 Å². The number of piperazine rings is 1. The van der Waals surface area contributed by atoms with Crippen molar-refractivity contribution in [3.05, 3.63) is 34.9 Å². The summed E-state index contributed by atoms with van der Waals surface area (Å²) in [7, 11) is 2.05. The van der Waals surface area contributed by atoms with Gasteiger partial charge in [0.05, 0.1) is 0 Å². The monoisotopic (exact) mass is 307 g/mol. The molecule has 1 aromatic rings. The van der Waals surface area contributed by atoms with Gasteiger partial charge in [0.25, 0.3) is 0 Å². The van der Waals surface area contributed by atoms with Crippen LogP contribution in [0.25, 0.3) is 0 Å². The second kappa shape index (κ2) is 7.10. The minimum atomic E-state index is 0.420. The van der Waals surface area contributed by atoms with E-state index in [2.05, 4.69) is 27.2 Å². The minimum Gasteiger partial charge on any atom is -0.313 e. The average Bonchev–Trinajstić information content (AvgIpc) is 3.35. The number of halogens is 1. The predicted octanol–water partition coefficient (Wildman–Crippen LogP) is 2.77. The van der Waals surface area contributed by atoms with E-state index in [1.54, 1.807) is 0 Å². The van der Waals surface area contributed by atoms with Crippen molar-refractivity contribution in [1.29, 1.82) is 0 Å². The standard InChI is InChI=1S/C17H26ClN3/c1-19-17(14-2-4-15(18)5-3-14)8-9-20-10-12-21(13-11-20)16-6-7-16/h2-5,16-17,19H,6-13H2,1H3. The first-order valence-electron chi connectivity index (χ1n) is 8.15. The Balaban J connectivity index is 1.45. The molecule has 0 radical (unpaired) electrons. The molecule has 1 saturated heterocycles. The van der Waals surface area contributed by atoms with Crippen molar-refractivity contribution < 1.29 is 0 Å². The van der Waals surface area contributed by atoms with E-state index in [0.717, 1.165) is 17.5 Å². The van der Waals surface area contributed by atoms with Crippen LogP contribution in [0.2, 0.25) is 5.02 Å².